The second-order valence-corrected chi connectivity index (χ2v) is 5.21. The molecule has 0 radical (unpaired) electrons. The number of hydrogen-bond donors (Lipinski definition) is 0. The number of nitrogens with zero attached hydrogens (tertiary/aromatic N) is 1. The Morgan fingerprint density at radius 2 is 2.00 bits per heavy atom. The van der Waals surface area contributed by atoms with Crippen molar-refractivity contribution in [2.45, 2.75) is 19.3 Å². The Morgan fingerprint density at radius 1 is 1.36 bits per heavy atom. The minimum Gasteiger partial charge on any atom is -0.348 e. The van der Waals surface area contributed by atoms with Crippen LogP contribution in [0, 0.1) is 0 Å². The van der Waals surface area contributed by atoms with Crippen molar-refractivity contribution in [3.05, 3.63) is 40.5 Å². The van der Waals surface area contributed by atoms with Crippen LogP contribution in [0.1, 0.15) is 19.4 Å². The Bertz CT molecular complexity index is 407. The fourth-order valence-corrected chi connectivity index (χ4v) is 2.38. The molecule has 0 aliphatic carbocycles. The molecule has 1 aromatic carbocycles. The van der Waals surface area contributed by atoms with Crippen LogP contribution in [-0.4, -0.2) is 7.05 Å². The topological polar surface area (TPSA) is 3.24 Å². The van der Waals surface area contributed by atoms with Gasteiger partial charge in [-0.25, -0.2) is 0 Å². The van der Waals surface area contributed by atoms with Crippen LogP contribution in [-0.2, 0) is 5.41 Å². The Balaban J connectivity index is 2.68. The largest absolute Gasteiger partial charge is 0.348 e. The predicted octanol–water partition coefficient (Wildman–Crippen LogP) is 3.69. The number of benzene rings is 1. The van der Waals surface area contributed by atoms with E-state index in [0.717, 1.165) is 10.2 Å². The Kier molecular flexibility index (Phi) is 2.00. The number of likely N-dealkylation sites (N-methyl/N-ethyl adjacent to an activating group) is 1. The Morgan fingerprint density at radius 3 is 2.64 bits per heavy atom. The van der Waals surface area contributed by atoms with Crippen molar-refractivity contribution in [1.29, 1.82) is 0 Å². The van der Waals surface area contributed by atoms with Gasteiger partial charge in [-0.05, 0) is 17.7 Å². The molecule has 0 spiro atoms. The van der Waals surface area contributed by atoms with Gasteiger partial charge in [0.2, 0.25) is 0 Å². The molecule has 1 nitrogen and oxygen atoms in total. The van der Waals surface area contributed by atoms with Crippen LogP contribution in [0.25, 0.3) is 0 Å². The summed E-state index contributed by atoms with van der Waals surface area (Å²) in [5, 5.41) is 0. The number of hydrogen-bond acceptors (Lipinski definition) is 1. The number of anilines is 1. The van der Waals surface area contributed by atoms with Crippen molar-refractivity contribution < 1.29 is 0 Å². The average Bonchev–Trinajstić information content (AvgIpc) is 2.28. The maximum Gasteiger partial charge on any atom is 0.0459 e. The van der Waals surface area contributed by atoms with E-state index in [1.165, 1.54) is 11.3 Å². The van der Waals surface area contributed by atoms with E-state index in [1.807, 2.05) is 0 Å². The van der Waals surface area contributed by atoms with Crippen molar-refractivity contribution >= 4 is 21.6 Å². The predicted molar refractivity (Wildman–Crippen MR) is 64.7 cm³/mol. The van der Waals surface area contributed by atoms with Gasteiger partial charge in [0, 0.05) is 28.3 Å². The van der Waals surface area contributed by atoms with Gasteiger partial charge < -0.3 is 4.90 Å². The Hall–Kier alpha value is -0.760. The standard InChI is InChI=1S/C12H14BrN/c1-8-12(2,3)10-6-5-9(13)7-11(10)14(8)4/h5-7H,1H2,2-4H3. The van der Waals surface area contributed by atoms with Gasteiger partial charge in [-0.2, -0.15) is 0 Å². The van der Waals surface area contributed by atoms with Gasteiger partial charge >= 0.3 is 0 Å². The molecule has 0 saturated heterocycles. The summed E-state index contributed by atoms with van der Waals surface area (Å²) in [6, 6.07) is 6.41. The quantitative estimate of drug-likeness (QED) is 0.680. The maximum atomic E-state index is 4.14. The summed E-state index contributed by atoms with van der Waals surface area (Å²) in [7, 11) is 2.07. The maximum absolute atomic E-state index is 4.14. The molecule has 74 valence electrons. The molecule has 0 atom stereocenters. The molecule has 0 amide bonds. The van der Waals surface area contributed by atoms with Gasteiger partial charge in [0.05, 0.1) is 0 Å². The Labute approximate surface area is 93.6 Å². The zero-order valence-electron chi connectivity index (χ0n) is 8.76. The lowest BCUT2D eigenvalue weighted by Gasteiger charge is -2.22. The average molecular weight is 252 g/mol. The molecule has 14 heavy (non-hydrogen) atoms. The fourth-order valence-electron chi connectivity index (χ4n) is 2.03. The number of allylic oxidation sites excluding steroid dienone is 1. The molecule has 0 N–H and O–H groups in total. The van der Waals surface area contributed by atoms with Gasteiger partial charge in [-0.15, -0.1) is 0 Å². The fraction of sp³-hybridized carbons (Fsp3) is 0.333. The van der Waals surface area contributed by atoms with Crippen LogP contribution in [0.3, 0.4) is 0 Å². The van der Waals surface area contributed by atoms with E-state index in [0.29, 0.717) is 0 Å². The molecule has 0 unspecified atom stereocenters. The lowest BCUT2D eigenvalue weighted by Crippen LogP contribution is -2.21. The second-order valence-electron chi connectivity index (χ2n) is 4.29. The van der Waals surface area contributed by atoms with Gasteiger partial charge in [0.1, 0.15) is 0 Å². The van der Waals surface area contributed by atoms with E-state index in [2.05, 4.69) is 66.5 Å². The van der Waals surface area contributed by atoms with E-state index in [9.17, 15) is 0 Å². The summed E-state index contributed by atoms with van der Waals surface area (Å²) < 4.78 is 1.12. The molecule has 2 rings (SSSR count). The van der Waals surface area contributed by atoms with Gasteiger partial charge in [-0.3, -0.25) is 0 Å². The van der Waals surface area contributed by atoms with E-state index in [-0.39, 0.29) is 5.41 Å². The molecule has 1 aromatic rings. The number of halogens is 1. The lowest BCUT2D eigenvalue weighted by molar-refractivity contribution is 0.643. The van der Waals surface area contributed by atoms with E-state index >= 15 is 0 Å². The van der Waals surface area contributed by atoms with E-state index in [1.54, 1.807) is 0 Å². The summed E-state index contributed by atoms with van der Waals surface area (Å²) in [5.41, 5.74) is 3.83. The van der Waals surface area contributed by atoms with Gasteiger partial charge in [0.25, 0.3) is 0 Å². The number of rotatable bonds is 0. The van der Waals surface area contributed by atoms with Crippen LogP contribution in [0.15, 0.2) is 34.9 Å². The summed E-state index contributed by atoms with van der Waals surface area (Å²) in [6.07, 6.45) is 0. The molecular formula is C12H14BrN. The first kappa shape index (κ1) is 9.78. The third-order valence-corrected chi connectivity index (χ3v) is 3.61. The monoisotopic (exact) mass is 251 g/mol. The number of fused-ring (bicyclic) bond motifs is 1. The molecule has 1 heterocycles. The highest BCUT2D eigenvalue weighted by Gasteiger charge is 2.36. The first-order valence-corrected chi connectivity index (χ1v) is 5.47. The van der Waals surface area contributed by atoms with Crippen LogP contribution in [0.5, 0.6) is 0 Å². The van der Waals surface area contributed by atoms with Crippen molar-refractivity contribution in [1.82, 2.24) is 0 Å². The zero-order chi connectivity index (χ0) is 10.5. The third kappa shape index (κ3) is 1.13. The minimum atomic E-state index is 0.0603. The molecule has 1 aliphatic heterocycles. The summed E-state index contributed by atoms with van der Waals surface area (Å²) >= 11 is 3.49. The summed E-state index contributed by atoms with van der Waals surface area (Å²) in [4.78, 5) is 2.17. The van der Waals surface area contributed by atoms with Crippen LogP contribution in [0.2, 0.25) is 0 Å². The normalized spacial score (nSPS) is 18.6. The van der Waals surface area contributed by atoms with Gasteiger partial charge in [-0.1, -0.05) is 42.4 Å². The molecule has 0 fully saturated rings. The van der Waals surface area contributed by atoms with Crippen LogP contribution in [0.4, 0.5) is 5.69 Å². The van der Waals surface area contributed by atoms with Crippen molar-refractivity contribution in [3.8, 4) is 0 Å². The first-order chi connectivity index (χ1) is 6.44. The van der Waals surface area contributed by atoms with Crippen LogP contribution < -0.4 is 4.90 Å². The van der Waals surface area contributed by atoms with E-state index in [4.69, 9.17) is 0 Å². The molecule has 0 aromatic heterocycles. The molecule has 2 heteroatoms. The SMILES string of the molecule is C=C1N(C)c2cc(Br)ccc2C1(C)C. The third-order valence-electron chi connectivity index (χ3n) is 3.12. The summed E-state index contributed by atoms with van der Waals surface area (Å²) in [5.74, 6) is 0. The highest BCUT2D eigenvalue weighted by Crippen LogP contribution is 2.46. The molecule has 0 saturated carbocycles. The molecule has 0 bridgehead atoms. The highest BCUT2D eigenvalue weighted by atomic mass is 79.9. The molecular weight excluding hydrogens is 238 g/mol. The van der Waals surface area contributed by atoms with Crippen LogP contribution >= 0.6 is 15.9 Å². The lowest BCUT2D eigenvalue weighted by atomic mass is 9.85. The zero-order valence-corrected chi connectivity index (χ0v) is 10.4. The highest BCUT2D eigenvalue weighted by molar-refractivity contribution is 9.10. The second kappa shape index (κ2) is 2.86. The van der Waals surface area contributed by atoms with Crippen molar-refractivity contribution in [2.24, 2.45) is 0 Å². The first-order valence-electron chi connectivity index (χ1n) is 4.67. The molecule has 1 aliphatic rings. The minimum absolute atomic E-state index is 0.0603. The smallest absolute Gasteiger partial charge is 0.0459 e. The van der Waals surface area contributed by atoms with E-state index < -0.39 is 0 Å². The van der Waals surface area contributed by atoms with Gasteiger partial charge in [0.15, 0.2) is 0 Å². The van der Waals surface area contributed by atoms with Crippen molar-refractivity contribution in [2.75, 3.05) is 11.9 Å². The summed E-state index contributed by atoms with van der Waals surface area (Å²) in [6.45, 7) is 8.57. The van der Waals surface area contributed by atoms with Crippen molar-refractivity contribution in [3.63, 3.8) is 0 Å².